The van der Waals surface area contributed by atoms with Gasteiger partial charge in [-0.05, 0) is 35.6 Å². The van der Waals surface area contributed by atoms with E-state index in [1.165, 1.54) is 28.8 Å². The average Bonchev–Trinajstić information content (AvgIpc) is 2.68. The first-order valence-electron chi connectivity index (χ1n) is 6.94. The molecule has 3 heteroatoms. The number of fused-ring (bicyclic) bond motifs is 1. The van der Waals surface area contributed by atoms with Gasteiger partial charge < -0.3 is 4.90 Å². The van der Waals surface area contributed by atoms with Crippen molar-refractivity contribution in [3.8, 4) is 0 Å². The Balaban J connectivity index is 2.00. The summed E-state index contributed by atoms with van der Waals surface area (Å²) < 4.78 is 0. The van der Waals surface area contributed by atoms with Gasteiger partial charge in [0.05, 0.1) is 10.7 Å². The van der Waals surface area contributed by atoms with E-state index in [1.807, 2.05) is 12.1 Å². The fourth-order valence-corrected chi connectivity index (χ4v) is 3.68. The summed E-state index contributed by atoms with van der Waals surface area (Å²) in [7, 11) is 0. The van der Waals surface area contributed by atoms with Crippen LogP contribution < -0.4 is 4.90 Å². The largest absolute Gasteiger partial charge is 0.366 e. The Bertz CT molecular complexity index is 612. The molecule has 20 heavy (non-hydrogen) atoms. The first-order valence-corrected chi connectivity index (χ1v) is 8.44. The van der Waals surface area contributed by atoms with Gasteiger partial charge in [-0.2, -0.15) is 0 Å². The molecule has 1 nitrogen and oxygen atoms in total. The van der Waals surface area contributed by atoms with Crippen LogP contribution in [0.15, 0.2) is 42.5 Å². The lowest BCUT2D eigenvalue weighted by Crippen LogP contribution is -2.24. The Labute approximate surface area is 133 Å². The van der Waals surface area contributed by atoms with Crippen LogP contribution in [0.1, 0.15) is 23.1 Å². The molecule has 1 heterocycles. The van der Waals surface area contributed by atoms with E-state index in [9.17, 15) is 0 Å². The first kappa shape index (κ1) is 14.0. The summed E-state index contributed by atoms with van der Waals surface area (Å²) in [4.78, 5) is 2.42. The van der Waals surface area contributed by atoms with Crippen LogP contribution in [0, 0.1) is 0 Å². The van der Waals surface area contributed by atoms with Gasteiger partial charge in [0.15, 0.2) is 0 Å². The molecule has 0 spiro atoms. The predicted octanol–water partition coefficient (Wildman–Crippen LogP) is 5.19. The molecule has 1 aliphatic rings. The molecule has 2 aromatic carbocycles. The molecule has 0 atom stereocenters. The van der Waals surface area contributed by atoms with Crippen molar-refractivity contribution >= 4 is 33.2 Å². The van der Waals surface area contributed by atoms with E-state index < -0.39 is 0 Å². The average molecular weight is 351 g/mol. The molecule has 0 fully saturated rings. The highest BCUT2D eigenvalue weighted by molar-refractivity contribution is 9.08. The van der Waals surface area contributed by atoms with E-state index in [4.69, 9.17) is 11.6 Å². The van der Waals surface area contributed by atoms with Crippen LogP contribution in [-0.2, 0) is 18.3 Å². The van der Waals surface area contributed by atoms with Gasteiger partial charge in [-0.3, -0.25) is 0 Å². The lowest BCUT2D eigenvalue weighted by Gasteiger charge is -2.26. The quantitative estimate of drug-likeness (QED) is 0.674. The SMILES string of the molecule is Clc1cccc(CBr)c1N1CCCc2ccccc2C1. The number of hydrogen-bond donors (Lipinski definition) is 0. The van der Waals surface area contributed by atoms with Crippen molar-refractivity contribution < 1.29 is 0 Å². The lowest BCUT2D eigenvalue weighted by molar-refractivity contribution is 0.763. The Morgan fingerprint density at radius 2 is 1.85 bits per heavy atom. The summed E-state index contributed by atoms with van der Waals surface area (Å²) >= 11 is 10.0. The van der Waals surface area contributed by atoms with Crippen molar-refractivity contribution in [3.05, 3.63) is 64.2 Å². The van der Waals surface area contributed by atoms with Crippen molar-refractivity contribution in [2.45, 2.75) is 24.7 Å². The Morgan fingerprint density at radius 1 is 1.05 bits per heavy atom. The molecule has 104 valence electrons. The van der Waals surface area contributed by atoms with Gasteiger partial charge in [0.2, 0.25) is 0 Å². The van der Waals surface area contributed by atoms with Crippen LogP contribution in [0.2, 0.25) is 5.02 Å². The predicted molar refractivity (Wildman–Crippen MR) is 89.9 cm³/mol. The standard InChI is InChI=1S/C17H17BrClN/c18-11-14-7-3-9-16(19)17(14)20-10-4-8-13-5-1-2-6-15(13)12-20/h1-3,5-7,9H,4,8,10-12H2. The van der Waals surface area contributed by atoms with Gasteiger partial charge in [-0.1, -0.05) is 63.9 Å². The molecule has 2 aromatic rings. The number of hydrogen-bond acceptors (Lipinski definition) is 1. The summed E-state index contributed by atoms with van der Waals surface area (Å²) in [5, 5.41) is 1.68. The van der Waals surface area contributed by atoms with Crippen LogP contribution in [0.5, 0.6) is 0 Å². The maximum atomic E-state index is 6.46. The number of para-hydroxylation sites is 1. The van der Waals surface area contributed by atoms with E-state index in [-0.39, 0.29) is 0 Å². The fraction of sp³-hybridized carbons (Fsp3) is 0.294. The molecule has 1 aliphatic heterocycles. The molecule has 0 aromatic heterocycles. The Morgan fingerprint density at radius 3 is 2.65 bits per heavy atom. The summed E-state index contributed by atoms with van der Waals surface area (Å²) in [6.45, 7) is 2.00. The maximum Gasteiger partial charge on any atom is 0.0642 e. The number of halogens is 2. The lowest BCUT2D eigenvalue weighted by atomic mass is 10.0. The molecular weight excluding hydrogens is 334 g/mol. The summed E-state index contributed by atoms with van der Waals surface area (Å²) in [5.74, 6) is 0. The van der Waals surface area contributed by atoms with Crippen molar-refractivity contribution in [2.24, 2.45) is 0 Å². The monoisotopic (exact) mass is 349 g/mol. The van der Waals surface area contributed by atoms with Crippen LogP contribution in [0.25, 0.3) is 0 Å². The number of rotatable bonds is 2. The minimum absolute atomic E-state index is 0.834. The van der Waals surface area contributed by atoms with Crippen LogP contribution in [0.3, 0.4) is 0 Å². The first-order chi connectivity index (χ1) is 9.79. The number of benzene rings is 2. The number of nitrogens with zero attached hydrogens (tertiary/aromatic N) is 1. The molecule has 0 bridgehead atoms. The van der Waals surface area contributed by atoms with Crippen LogP contribution in [-0.4, -0.2) is 6.54 Å². The molecule has 0 radical (unpaired) electrons. The third-order valence-electron chi connectivity index (χ3n) is 3.88. The van der Waals surface area contributed by atoms with Crippen molar-refractivity contribution in [1.29, 1.82) is 0 Å². The molecule has 3 rings (SSSR count). The number of aryl methyl sites for hydroxylation is 1. The minimum atomic E-state index is 0.834. The summed E-state index contributed by atoms with van der Waals surface area (Å²) in [5.41, 5.74) is 5.34. The third-order valence-corrected chi connectivity index (χ3v) is 4.79. The van der Waals surface area contributed by atoms with Crippen molar-refractivity contribution in [1.82, 2.24) is 0 Å². The number of anilines is 1. The second-order valence-electron chi connectivity index (χ2n) is 5.18. The normalized spacial score (nSPS) is 14.8. The van der Waals surface area contributed by atoms with Crippen LogP contribution >= 0.6 is 27.5 Å². The zero-order chi connectivity index (χ0) is 13.9. The van der Waals surface area contributed by atoms with Gasteiger partial charge >= 0.3 is 0 Å². The highest BCUT2D eigenvalue weighted by atomic mass is 79.9. The molecule has 0 aliphatic carbocycles. The van der Waals surface area contributed by atoms with Crippen LogP contribution in [0.4, 0.5) is 5.69 Å². The Kier molecular flexibility index (Phi) is 4.32. The van der Waals surface area contributed by atoms with E-state index >= 15 is 0 Å². The molecule has 0 saturated carbocycles. The zero-order valence-corrected chi connectivity index (χ0v) is 13.6. The van der Waals surface area contributed by atoms with E-state index in [0.717, 1.165) is 29.9 Å². The van der Waals surface area contributed by atoms with Gasteiger partial charge in [-0.25, -0.2) is 0 Å². The van der Waals surface area contributed by atoms with Gasteiger partial charge in [0.1, 0.15) is 0 Å². The molecule has 0 amide bonds. The second-order valence-corrected chi connectivity index (χ2v) is 6.14. The van der Waals surface area contributed by atoms with Gasteiger partial charge in [-0.15, -0.1) is 0 Å². The zero-order valence-electron chi connectivity index (χ0n) is 11.3. The summed E-state index contributed by atoms with van der Waals surface area (Å²) in [6.07, 6.45) is 2.32. The van der Waals surface area contributed by atoms with Crippen molar-refractivity contribution in [2.75, 3.05) is 11.4 Å². The summed E-state index contributed by atoms with van der Waals surface area (Å²) in [6, 6.07) is 14.9. The van der Waals surface area contributed by atoms with Gasteiger partial charge in [0.25, 0.3) is 0 Å². The van der Waals surface area contributed by atoms with E-state index in [1.54, 1.807) is 0 Å². The molecule has 0 unspecified atom stereocenters. The van der Waals surface area contributed by atoms with E-state index in [0.29, 0.717) is 0 Å². The van der Waals surface area contributed by atoms with E-state index in [2.05, 4.69) is 51.2 Å². The van der Waals surface area contributed by atoms with Crippen molar-refractivity contribution in [3.63, 3.8) is 0 Å². The third kappa shape index (κ3) is 2.72. The number of alkyl halides is 1. The Hall–Kier alpha value is -0.990. The van der Waals surface area contributed by atoms with Gasteiger partial charge in [0, 0.05) is 18.4 Å². The minimum Gasteiger partial charge on any atom is -0.366 e. The molecule has 0 saturated heterocycles. The molecule has 0 N–H and O–H groups in total. The fourth-order valence-electron chi connectivity index (χ4n) is 2.91. The maximum absolute atomic E-state index is 6.46. The topological polar surface area (TPSA) is 3.24 Å². The smallest absolute Gasteiger partial charge is 0.0642 e. The highest BCUT2D eigenvalue weighted by Gasteiger charge is 2.18. The second kappa shape index (κ2) is 6.19. The molecular formula is C17H17BrClN. The highest BCUT2D eigenvalue weighted by Crippen LogP contribution is 2.34.